The van der Waals surface area contributed by atoms with Crippen LogP contribution in [0, 0.1) is 0 Å². The van der Waals surface area contributed by atoms with Crippen LogP contribution >= 0.6 is 0 Å². The Balaban J connectivity index is 2.25. The molecule has 5 heteroatoms. The van der Waals surface area contributed by atoms with Crippen LogP contribution in [0.4, 0.5) is 0 Å². The maximum Gasteiger partial charge on any atom is 0.216 e. The number of para-hydroxylation sites is 1. The SMILES string of the molecule is COc1cc(-c2coc3ccccc3c2=O)ncn1. The van der Waals surface area contributed by atoms with Gasteiger partial charge in [-0.05, 0) is 12.1 Å². The molecule has 3 aromatic rings. The molecule has 0 aliphatic carbocycles. The van der Waals surface area contributed by atoms with Crippen LogP contribution in [0.5, 0.6) is 5.88 Å². The van der Waals surface area contributed by atoms with E-state index in [1.54, 1.807) is 24.3 Å². The van der Waals surface area contributed by atoms with Gasteiger partial charge in [0.2, 0.25) is 11.3 Å². The lowest BCUT2D eigenvalue weighted by Gasteiger charge is -2.03. The molecular weight excluding hydrogens is 244 g/mol. The van der Waals surface area contributed by atoms with E-state index in [0.29, 0.717) is 28.1 Å². The number of aromatic nitrogens is 2. The van der Waals surface area contributed by atoms with Crippen molar-refractivity contribution in [2.24, 2.45) is 0 Å². The van der Waals surface area contributed by atoms with Crippen LogP contribution in [0.1, 0.15) is 0 Å². The van der Waals surface area contributed by atoms with Gasteiger partial charge in [-0.1, -0.05) is 12.1 Å². The summed E-state index contributed by atoms with van der Waals surface area (Å²) in [4.78, 5) is 20.4. The molecule has 0 fully saturated rings. The van der Waals surface area contributed by atoms with Crippen molar-refractivity contribution in [1.29, 1.82) is 0 Å². The Hall–Kier alpha value is -2.69. The number of rotatable bonds is 2. The summed E-state index contributed by atoms with van der Waals surface area (Å²) >= 11 is 0. The largest absolute Gasteiger partial charge is 0.481 e. The molecule has 0 saturated carbocycles. The van der Waals surface area contributed by atoms with Gasteiger partial charge in [-0.15, -0.1) is 0 Å². The number of fused-ring (bicyclic) bond motifs is 1. The van der Waals surface area contributed by atoms with Gasteiger partial charge in [0.1, 0.15) is 18.2 Å². The Morgan fingerprint density at radius 1 is 1.21 bits per heavy atom. The third-order valence-electron chi connectivity index (χ3n) is 2.81. The predicted octanol–water partition coefficient (Wildman–Crippen LogP) is 2.26. The summed E-state index contributed by atoms with van der Waals surface area (Å²) in [6.07, 6.45) is 2.76. The Bertz CT molecular complexity index is 796. The molecule has 0 aliphatic heterocycles. The van der Waals surface area contributed by atoms with Gasteiger partial charge >= 0.3 is 0 Å². The normalized spacial score (nSPS) is 10.6. The van der Waals surface area contributed by atoms with E-state index in [1.807, 2.05) is 6.07 Å². The molecule has 0 N–H and O–H groups in total. The fraction of sp³-hybridized carbons (Fsp3) is 0.0714. The number of methoxy groups -OCH3 is 1. The fourth-order valence-electron chi connectivity index (χ4n) is 1.85. The second-order valence-corrected chi connectivity index (χ2v) is 3.92. The lowest BCUT2D eigenvalue weighted by atomic mass is 10.1. The number of benzene rings is 1. The molecule has 2 aromatic heterocycles. The molecular formula is C14H10N2O3. The molecule has 19 heavy (non-hydrogen) atoms. The van der Waals surface area contributed by atoms with Gasteiger partial charge in [0.15, 0.2) is 0 Å². The van der Waals surface area contributed by atoms with Crippen molar-refractivity contribution in [2.75, 3.05) is 7.11 Å². The molecule has 0 radical (unpaired) electrons. The van der Waals surface area contributed by atoms with Gasteiger partial charge in [0.05, 0.1) is 23.8 Å². The highest BCUT2D eigenvalue weighted by molar-refractivity contribution is 5.80. The smallest absolute Gasteiger partial charge is 0.216 e. The molecule has 3 rings (SSSR count). The van der Waals surface area contributed by atoms with E-state index in [4.69, 9.17) is 9.15 Å². The second-order valence-electron chi connectivity index (χ2n) is 3.92. The summed E-state index contributed by atoms with van der Waals surface area (Å²) in [5, 5.41) is 0.526. The Kier molecular flexibility index (Phi) is 2.72. The zero-order valence-corrected chi connectivity index (χ0v) is 10.2. The molecule has 0 saturated heterocycles. The highest BCUT2D eigenvalue weighted by Crippen LogP contribution is 2.19. The third kappa shape index (κ3) is 1.95. The van der Waals surface area contributed by atoms with Crippen molar-refractivity contribution in [3.63, 3.8) is 0 Å². The molecule has 5 nitrogen and oxygen atoms in total. The first-order chi connectivity index (χ1) is 9.29. The number of hydrogen-bond donors (Lipinski definition) is 0. The van der Waals surface area contributed by atoms with Crippen LogP contribution in [0.15, 0.2) is 52.1 Å². The van der Waals surface area contributed by atoms with E-state index in [2.05, 4.69) is 9.97 Å². The van der Waals surface area contributed by atoms with E-state index in [1.165, 1.54) is 19.7 Å². The maximum absolute atomic E-state index is 12.4. The standard InChI is InChI=1S/C14H10N2O3/c1-18-13-6-11(15-8-16-13)10-7-19-12-5-3-2-4-9(12)14(10)17/h2-8H,1H3. The van der Waals surface area contributed by atoms with Crippen molar-refractivity contribution in [1.82, 2.24) is 9.97 Å². The summed E-state index contributed by atoms with van der Waals surface area (Å²) in [7, 11) is 1.51. The molecule has 0 unspecified atom stereocenters. The first-order valence-electron chi connectivity index (χ1n) is 5.66. The average molecular weight is 254 g/mol. The molecule has 2 heterocycles. The van der Waals surface area contributed by atoms with Gasteiger partial charge in [-0.25, -0.2) is 9.97 Å². The Morgan fingerprint density at radius 3 is 2.89 bits per heavy atom. The quantitative estimate of drug-likeness (QED) is 0.701. The summed E-state index contributed by atoms with van der Waals surface area (Å²) in [5.41, 5.74) is 1.30. The molecule has 0 aliphatic rings. The molecule has 0 spiro atoms. The van der Waals surface area contributed by atoms with Crippen molar-refractivity contribution < 1.29 is 9.15 Å². The maximum atomic E-state index is 12.4. The van der Waals surface area contributed by atoms with Crippen molar-refractivity contribution >= 4 is 11.0 Å². The second kappa shape index (κ2) is 4.53. The monoisotopic (exact) mass is 254 g/mol. The molecule has 0 amide bonds. The third-order valence-corrected chi connectivity index (χ3v) is 2.81. The number of ether oxygens (including phenoxy) is 1. The minimum Gasteiger partial charge on any atom is -0.481 e. The van der Waals surface area contributed by atoms with Crippen LogP contribution < -0.4 is 10.2 Å². The Morgan fingerprint density at radius 2 is 2.05 bits per heavy atom. The van der Waals surface area contributed by atoms with E-state index in [0.717, 1.165) is 0 Å². The first kappa shape index (κ1) is 11.4. The van der Waals surface area contributed by atoms with E-state index >= 15 is 0 Å². The van der Waals surface area contributed by atoms with Gasteiger partial charge in [-0.3, -0.25) is 4.79 Å². The summed E-state index contributed by atoms with van der Waals surface area (Å²) in [6, 6.07) is 8.69. The van der Waals surface area contributed by atoms with E-state index in [-0.39, 0.29) is 5.43 Å². The van der Waals surface area contributed by atoms with Gasteiger partial charge in [-0.2, -0.15) is 0 Å². The molecule has 0 atom stereocenters. The van der Waals surface area contributed by atoms with Crippen molar-refractivity contribution in [3.8, 4) is 17.1 Å². The highest BCUT2D eigenvalue weighted by atomic mass is 16.5. The molecule has 1 aromatic carbocycles. The number of nitrogens with zero attached hydrogens (tertiary/aromatic N) is 2. The molecule has 0 bridgehead atoms. The summed E-state index contributed by atoms with van der Waals surface area (Å²) in [5.74, 6) is 0.401. The van der Waals surface area contributed by atoms with Crippen LogP contribution in [-0.2, 0) is 0 Å². The summed E-state index contributed by atoms with van der Waals surface area (Å²) < 4.78 is 10.5. The lowest BCUT2D eigenvalue weighted by molar-refractivity contribution is 0.397. The van der Waals surface area contributed by atoms with Gasteiger partial charge in [0.25, 0.3) is 0 Å². The van der Waals surface area contributed by atoms with Gasteiger partial charge in [0, 0.05) is 6.07 Å². The van der Waals surface area contributed by atoms with Crippen LogP contribution in [0.2, 0.25) is 0 Å². The fourth-order valence-corrected chi connectivity index (χ4v) is 1.85. The molecule has 94 valence electrons. The van der Waals surface area contributed by atoms with Crippen LogP contribution in [0.25, 0.3) is 22.2 Å². The van der Waals surface area contributed by atoms with E-state index in [9.17, 15) is 4.79 Å². The zero-order valence-electron chi connectivity index (χ0n) is 10.2. The van der Waals surface area contributed by atoms with Crippen molar-refractivity contribution in [2.45, 2.75) is 0 Å². The predicted molar refractivity (Wildman–Crippen MR) is 70.1 cm³/mol. The lowest BCUT2D eigenvalue weighted by Crippen LogP contribution is -2.06. The van der Waals surface area contributed by atoms with Crippen LogP contribution in [-0.4, -0.2) is 17.1 Å². The Labute approximate surface area is 108 Å². The first-order valence-corrected chi connectivity index (χ1v) is 5.66. The average Bonchev–Trinajstić information content (AvgIpc) is 2.48. The number of hydrogen-bond acceptors (Lipinski definition) is 5. The van der Waals surface area contributed by atoms with Crippen LogP contribution in [0.3, 0.4) is 0 Å². The zero-order chi connectivity index (χ0) is 13.2. The van der Waals surface area contributed by atoms with Gasteiger partial charge < -0.3 is 9.15 Å². The van der Waals surface area contributed by atoms with E-state index < -0.39 is 0 Å². The minimum absolute atomic E-state index is 0.123. The minimum atomic E-state index is -0.123. The summed E-state index contributed by atoms with van der Waals surface area (Å²) in [6.45, 7) is 0. The highest BCUT2D eigenvalue weighted by Gasteiger charge is 2.10. The topological polar surface area (TPSA) is 65.2 Å². The van der Waals surface area contributed by atoms with Crippen molar-refractivity contribution in [3.05, 3.63) is 53.1 Å².